The van der Waals surface area contributed by atoms with E-state index in [2.05, 4.69) is 5.32 Å². The molecule has 2 aromatic rings. The van der Waals surface area contributed by atoms with Crippen LogP contribution in [0.4, 0.5) is 4.39 Å². The second-order valence-corrected chi connectivity index (χ2v) is 5.09. The van der Waals surface area contributed by atoms with E-state index in [0.717, 1.165) is 5.56 Å². The lowest BCUT2D eigenvalue weighted by Gasteiger charge is -2.13. The molecule has 0 atom stereocenters. The van der Waals surface area contributed by atoms with Crippen LogP contribution in [0.5, 0.6) is 0 Å². The fourth-order valence-electron chi connectivity index (χ4n) is 2.30. The molecule has 0 spiro atoms. The number of aromatic nitrogens is 1. The first-order valence-corrected chi connectivity index (χ1v) is 7.23. The van der Waals surface area contributed by atoms with Crippen LogP contribution in [0.15, 0.2) is 30.5 Å². The molecule has 120 valence electrons. The zero-order chi connectivity index (χ0) is 16.8. The topological polar surface area (TPSA) is 67.0 Å². The van der Waals surface area contributed by atoms with Crippen molar-refractivity contribution in [1.29, 1.82) is 5.26 Å². The Morgan fingerprint density at radius 1 is 1.43 bits per heavy atom. The molecule has 1 aromatic heterocycles. The molecule has 1 amide bonds. The van der Waals surface area contributed by atoms with Crippen LogP contribution in [0.1, 0.15) is 28.0 Å². The number of carbonyl (C=O) groups excluding carboxylic acids is 1. The maximum atomic E-state index is 13.5. The number of ether oxygens (including phenoxy) is 1. The Kier molecular flexibility index (Phi) is 5.50. The molecule has 0 aliphatic heterocycles. The Hall–Kier alpha value is -2.65. The molecule has 5 nitrogen and oxygen atoms in total. The minimum Gasteiger partial charge on any atom is -0.385 e. The molecule has 6 heteroatoms. The summed E-state index contributed by atoms with van der Waals surface area (Å²) in [6.45, 7) is 2.79. The second-order valence-electron chi connectivity index (χ2n) is 5.09. The number of benzene rings is 1. The highest BCUT2D eigenvalue weighted by molar-refractivity contribution is 5.96. The SMILES string of the molecule is COCCCNC(=O)c1c(C#N)ccn1-c1cc(F)ccc1C. The van der Waals surface area contributed by atoms with Crippen LogP contribution < -0.4 is 5.32 Å². The van der Waals surface area contributed by atoms with Gasteiger partial charge in [-0.3, -0.25) is 4.79 Å². The van der Waals surface area contributed by atoms with Crippen molar-refractivity contribution in [1.82, 2.24) is 9.88 Å². The molecule has 0 saturated carbocycles. The first-order chi connectivity index (χ1) is 11.1. The number of rotatable bonds is 6. The highest BCUT2D eigenvalue weighted by Gasteiger charge is 2.19. The summed E-state index contributed by atoms with van der Waals surface area (Å²) in [4.78, 5) is 12.4. The molecule has 0 fully saturated rings. The zero-order valence-corrected chi connectivity index (χ0v) is 13.1. The smallest absolute Gasteiger partial charge is 0.269 e. The molecule has 0 saturated heterocycles. The number of amides is 1. The largest absolute Gasteiger partial charge is 0.385 e. The van der Waals surface area contributed by atoms with Crippen LogP contribution >= 0.6 is 0 Å². The number of halogens is 1. The molecule has 23 heavy (non-hydrogen) atoms. The third kappa shape index (κ3) is 3.76. The van der Waals surface area contributed by atoms with E-state index in [0.29, 0.717) is 25.3 Å². The minimum absolute atomic E-state index is 0.207. The Bertz CT molecular complexity index is 747. The zero-order valence-electron chi connectivity index (χ0n) is 13.1. The molecule has 0 unspecified atom stereocenters. The predicted molar refractivity (Wildman–Crippen MR) is 84.0 cm³/mol. The van der Waals surface area contributed by atoms with E-state index in [1.807, 2.05) is 13.0 Å². The first kappa shape index (κ1) is 16.7. The van der Waals surface area contributed by atoms with E-state index in [1.165, 1.54) is 12.1 Å². The summed E-state index contributed by atoms with van der Waals surface area (Å²) >= 11 is 0. The summed E-state index contributed by atoms with van der Waals surface area (Å²) in [6, 6.07) is 7.89. The maximum Gasteiger partial charge on any atom is 0.269 e. The first-order valence-electron chi connectivity index (χ1n) is 7.23. The van der Waals surface area contributed by atoms with Gasteiger partial charge in [-0.2, -0.15) is 5.26 Å². The van der Waals surface area contributed by atoms with Gasteiger partial charge in [0, 0.05) is 26.5 Å². The third-order valence-corrected chi connectivity index (χ3v) is 3.46. The molecule has 1 aromatic carbocycles. The number of hydrogen-bond acceptors (Lipinski definition) is 3. The molecule has 0 bridgehead atoms. The molecule has 0 radical (unpaired) electrons. The van der Waals surface area contributed by atoms with Crippen molar-refractivity contribution in [3.8, 4) is 11.8 Å². The molecule has 0 aliphatic carbocycles. The lowest BCUT2D eigenvalue weighted by molar-refractivity contribution is 0.0941. The predicted octanol–water partition coefficient (Wildman–Crippen LogP) is 2.56. The van der Waals surface area contributed by atoms with Crippen molar-refractivity contribution in [3.63, 3.8) is 0 Å². The Morgan fingerprint density at radius 3 is 2.91 bits per heavy atom. The van der Waals surface area contributed by atoms with Gasteiger partial charge in [-0.1, -0.05) is 6.07 Å². The monoisotopic (exact) mass is 315 g/mol. The molecular weight excluding hydrogens is 297 g/mol. The van der Waals surface area contributed by atoms with Crippen LogP contribution in [0, 0.1) is 24.1 Å². The van der Waals surface area contributed by atoms with Crippen LogP contribution in [0.2, 0.25) is 0 Å². The summed E-state index contributed by atoms with van der Waals surface area (Å²) in [7, 11) is 1.59. The highest BCUT2D eigenvalue weighted by atomic mass is 19.1. The van der Waals surface area contributed by atoms with Gasteiger partial charge in [0.25, 0.3) is 5.91 Å². The lowest BCUT2D eigenvalue weighted by Crippen LogP contribution is -2.28. The van der Waals surface area contributed by atoms with Crippen molar-refractivity contribution < 1.29 is 13.9 Å². The van der Waals surface area contributed by atoms with Gasteiger partial charge < -0.3 is 14.6 Å². The number of nitrogens with zero attached hydrogens (tertiary/aromatic N) is 2. The maximum absolute atomic E-state index is 13.5. The quantitative estimate of drug-likeness (QED) is 0.833. The van der Waals surface area contributed by atoms with E-state index < -0.39 is 5.82 Å². The van der Waals surface area contributed by atoms with Crippen LogP contribution in [0.25, 0.3) is 5.69 Å². The van der Waals surface area contributed by atoms with Gasteiger partial charge in [0.1, 0.15) is 17.6 Å². The Morgan fingerprint density at radius 2 is 2.22 bits per heavy atom. The summed E-state index contributed by atoms with van der Waals surface area (Å²) in [5.74, 6) is -0.768. The van der Waals surface area contributed by atoms with Gasteiger partial charge in [-0.25, -0.2) is 4.39 Å². The van der Waals surface area contributed by atoms with Crippen molar-refractivity contribution in [2.45, 2.75) is 13.3 Å². The van der Waals surface area contributed by atoms with Gasteiger partial charge >= 0.3 is 0 Å². The molecule has 1 heterocycles. The summed E-state index contributed by atoms with van der Waals surface area (Å²) < 4.78 is 20.0. The van der Waals surface area contributed by atoms with Crippen LogP contribution in [-0.4, -0.2) is 30.7 Å². The molecular formula is C17H18FN3O2. The van der Waals surface area contributed by atoms with Crippen molar-refractivity contribution >= 4 is 5.91 Å². The van der Waals surface area contributed by atoms with Gasteiger partial charge in [-0.05, 0) is 37.1 Å². The van der Waals surface area contributed by atoms with E-state index in [-0.39, 0.29) is 17.2 Å². The molecule has 0 aliphatic rings. The highest BCUT2D eigenvalue weighted by Crippen LogP contribution is 2.21. The standard InChI is InChI=1S/C17H18FN3O2/c1-12-4-5-14(18)10-15(12)21-8-6-13(11-19)16(21)17(22)20-7-3-9-23-2/h4-6,8,10H,3,7,9H2,1-2H3,(H,20,22). The van der Waals surface area contributed by atoms with E-state index in [9.17, 15) is 14.4 Å². The van der Waals surface area contributed by atoms with Gasteiger partial charge in [0.2, 0.25) is 0 Å². The Balaban J connectivity index is 2.35. The number of methoxy groups -OCH3 is 1. The number of carbonyl (C=O) groups is 1. The summed E-state index contributed by atoms with van der Waals surface area (Å²) in [6.07, 6.45) is 2.27. The molecule has 1 N–H and O–H groups in total. The number of nitrogens with one attached hydrogen (secondary N) is 1. The molecule has 2 rings (SSSR count). The second kappa shape index (κ2) is 7.56. The number of nitriles is 1. The minimum atomic E-state index is -0.399. The van der Waals surface area contributed by atoms with Crippen molar-refractivity contribution in [2.24, 2.45) is 0 Å². The Labute approximate surface area is 134 Å². The van der Waals surface area contributed by atoms with Gasteiger partial charge in [-0.15, -0.1) is 0 Å². The summed E-state index contributed by atoms with van der Waals surface area (Å²) in [5.41, 5.74) is 1.80. The normalized spacial score (nSPS) is 10.3. The fraction of sp³-hybridized carbons (Fsp3) is 0.294. The lowest BCUT2D eigenvalue weighted by atomic mass is 10.2. The van der Waals surface area contributed by atoms with E-state index in [4.69, 9.17) is 4.74 Å². The number of aryl methyl sites for hydroxylation is 1. The van der Waals surface area contributed by atoms with E-state index >= 15 is 0 Å². The number of hydrogen-bond donors (Lipinski definition) is 1. The van der Waals surface area contributed by atoms with Crippen molar-refractivity contribution in [3.05, 3.63) is 53.1 Å². The van der Waals surface area contributed by atoms with Crippen LogP contribution in [-0.2, 0) is 4.74 Å². The summed E-state index contributed by atoms with van der Waals surface area (Å²) in [5, 5.41) is 12.0. The van der Waals surface area contributed by atoms with Gasteiger partial charge in [0.05, 0.1) is 11.3 Å². The average Bonchev–Trinajstić information content (AvgIpc) is 2.97. The fourth-order valence-corrected chi connectivity index (χ4v) is 2.30. The van der Waals surface area contributed by atoms with Gasteiger partial charge in [0.15, 0.2) is 0 Å². The average molecular weight is 315 g/mol. The van der Waals surface area contributed by atoms with Crippen molar-refractivity contribution in [2.75, 3.05) is 20.3 Å². The van der Waals surface area contributed by atoms with Crippen LogP contribution in [0.3, 0.4) is 0 Å². The van der Waals surface area contributed by atoms with E-state index in [1.54, 1.807) is 30.0 Å². The third-order valence-electron chi connectivity index (χ3n) is 3.46.